The molecule has 0 fully saturated rings. The monoisotopic (exact) mass is 443 g/mol. The van der Waals surface area contributed by atoms with Crippen LogP contribution in [0.4, 0.5) is 0 Å². The molecule has 0 spiro atoms. The van der Waals surface area contributed by atoms with Gasteiger partial charge in [-0.15, -0.1) is 5.06 Å². The van der Waals surface area contributed by atoms with Crippen LogP contribution in [0.5, 0.6) is 0 Å². The van der Waals surface area contributed by atoms with E-state index >= 15 is 0 Å². The van der Waals surface area contributed by atoms with Crippen LogP contribution in [-0.2, 0) is 47.8 Å². The predicted octanol–water partition coefficient (Wildman–Crippen LogP) is 0.865. The Kier molecular flexibility index (Phi) is 12.5. The number of esters is 4. The molecular weight excluding hydrogens is 414 g/mol. The lowest BCUT2D eigenvalue weighted by atomic mass is 10.1. The van der Waals surface area contributed by atoms with E-state index in [1.807, 2.05) is 0 Å². The summed E-state index contributed by atoms with van der Waals surface area (Å²) in [6.07, 6.45) is -1.86. The third-order valence-electron chi connectivity index (χ3n) is 3.46. The van der Waals surface area contributed by atoms with Gasteiger partial charge >= 0.3 is 29.8 Å². The van der Waals surface area contributed by atoms with E-state index in [-0.39, 0.29) is 13.1 Å². The van der Waals surface area contributed by atoms with Crippen LogP contribution >= 0.6 is 0 Å². The fourth-order valence-corrected chi connectivity index (χ4v) is 2.51. The van der Waals surface area contributed by atoms with Crippen molar-refractivity contribution < 1.29 is 47.8 Å². The van der Waals surface area contributed by atoms with E-state index in [0.717, 1.165) is 39.7 Å². The largest absolute Gasteiger partial charge is 0.457 e. The van der Waals surface area contributed by atoms with Crippen LogP contribution in [0.15, 0.2) is 25.3 Å². The van der Waals surface area contributed by atoms with Gasteiger partial charge in [0, 0.05) is 34.6 Å². The van der Waals surface area contributed by atoms with Crippen molar-refractivity contribution in [1.82, 2.24) is 5.06 Å². The summed E-state index contributed by atoms with van der Waals surface area (Å²) < 4.78 is 20.6. The summed E-state index contributed by atoms with van der Waals surface area (Å²) in [5, 5.41) is 1.03. The molecule has 0 aliphatic heterocycles. The van der Waals surface area contributed by atoms with Gasteiger partial charge in [-0.2, -0.15) is 0 Å². The molecular formula is C20H29NO10. The number of carbonyl (C=O) groups is 5. The minimum absolute atomic E-state index is 0.287. The lowest BCUT2D eigenvalue weighted by molar-refractivity contribution is -0.212. The maximum atomic E-state index is 11.6. The summed E-state index contributed by atoms with van der Waals surface area (Å²) >= 11 is 0. The number of hydroxylamine groups is 2. The van der Waals surface area contributed by atoms with E-state index < -0.39 is 54.3 Å². The van der Waals surface area contributed by atoms with Gasteiger partial charge < -0.3 is 23.8 Å². The average Bonchev–Trinajstić information content (AvgIpc) is 2.61. The summed E-state index contributed by atoms with van der Waals surface area (Å²) in [6, 6.07) is 0. The summed E-state index contributed by atoms with van der Waals surface area (Å²) in [5.41, 5.74) is 0. The molecule has 0 unspecified atom stereocenters. The van der Waals surface area contributed by atoms with Gasteiger partial charge in [-0.3, -0.25) is 24.0 Å². The van der Waals surface area contributed by atoms with Gasteiger partial charge in [0.1, 0.15) is 0 Å². The zero-order valence-electron chi connectivity index (χ0n) is 18.3. The van der Waals surface area contributed by atoms with Crippen LogP contribution in [0.1, 0.15) is 34.6 Å². The Hall–Kier alpha value is -3.21. The average molecular weight is 443 g/mol. The van der Waals surface area contributed by atoms with Crippen molar-refractivity contribution in [2.75, 3.05) is 13.1 Å². The van der Waals surface area contributed by atoms with E-state index in [9.17, 15) is 24.0 Å². The molecule has 0 saturated carbocycles. The molecule has 0 saturated heterocycles. The lowest BCUT2D eigenvalue weighted by Crippen LogP contribution is -2.48. The van der Waals surface area contributed by atoms with Crippen LogP contribution in [0.25, 0.3) is 0 Å². The third-order valence-corrected chi connectivity index (χ3v) is 3.46. The lowest BCUT2D eigenvalue weighted by Gasteiger charge is -2.32. The number of hydrogen-bond donors (Lipinski definition) is 0. The quantitative estimate of drug-likeness (QED) is 0.174. The molecule has 174 valence electrons. The van der Waals surface area contributed by atoms with E-state index in [2.05, 4.69) is 13.2 Å². The molecule has 4 atom stereocenters. The second-order valence-corrected chi connectivity index (χ2v) is 6.35. The van der Waals surface area contributed by atoms with Gasteiger partial charge in [-0.05, 0) is 12.2 Å². The smallest absolute Gasteiger partial charge is 0.322 e. The van der Waals surface area contributed by atoms with Gasteiger partial charge in [0.25, 0.3) is 0 Å². The highest BCUT2D eigenvalue weighted by atomic mass is 16.7. The highest BCUT2D eigenvalue weighted by Crippen LogP contribution is 2.14. The second kappa shape index (κ2) is 13.9. The number of ether oxygens (including phenoxy) is 4. The Morgan fingerprint density at radius 3 is 1.19 bits per heavy atom. The first-order valence-corrected chi connectivity index (χ1v) is 9.27. The van der Waals surface area contributed by atoms with Crippen molar-refractivity contribution in [3.8, 4) is 0 Å². The van der Waals surface area contributed by atoms with Crippen molar-refractivity contribution in [1.29, 1.82) is 0 Å². The van der Waals surface area contributed by atoms with Crippen LogP contribution in [-0.4, -0.2) is 72.4 Å². The Balaban J connectivity index is 5.84. The minimum atomic E-state index is -1.12. The Morgan fingerprint density at radius 2 is 0.968 bits per heavy atom. The molecule has 0 aliphatic rings. The molecule has 31 heavy (non-hydrogen) atoms. The van der Waals surface area contributed by atoms with Crippen LogP contribution in [0.3, 0.4) is 0 Å². The molecule has 0 aromatic carbocycles. The zero-order chi connectivity index (χ0) is 24.1. The Labute approximate surface area is 180 Å². The van der Waals surface area contributed by atoms with Crippen LogP contribution in [0, 0.1) is 0 Å². The molecule has 0 N–H and O–H groups in total. The summed E-state index contributed by atoms with van der Waals surface area (Å²) in [7, 11) is 0. The molecule has 0 aromatic heterocycles. The minimum Gasteiger partial charge on any atom is -0.457 e. The van der Waals surface area contributed by atoms with Gasteiger partial charge in [0.15, 0.2) is 24.4 Å². The van der Waals surface area contributed by atoms with Crippen molar-refractivity contribution in [2.45, 2.75) is 59.0 Å². The standard InChI is InChI=1S/C20H29NO10/c1-8-17(27-12(3)22)19(29-14(5)24)10-21(31-16(7)26)11-20(30-15(6)25)18(9-2)28-13(4)23/h8-9,17-20H,1-2,10-11H2,3-7H3/t17-,18-,19+,20+/m0/s1. The SMILES string of the molecule is C=C[C@H](OC(C)=O)[C@@H](CN(C[C@@H](OC(C)=O)[C@H](C=C)OC(C)=O)OC(C)=O)OC(C)=O. The molecule has 0 bridgehead atoms. The highest BCUT2D eigenvalue weighted by molar-refractivity contribution is 5.68. The van der Waals surface area contributed by atoms with E-state index in [4.69, 9.17) is 23.8 Å². The maximum absolute atomic E-state index is 11.6. The van der Waals surface area contributed by atoms with E-state index in [1.165, 1.54) is 12.2 Å². The third kappa shape index (κ3) is 12.2. The van der Waals surface area contributed by atoms with Crippen LogP contribution in [0.2, 0.25) is 0 Å². The first-order chi connectivity index (χ1) is 14.4. The first-order valence-electron chi connectivity index (χ1n) is 9.27. The number of rotatable bonds is 13. The molecule has 11 nitrogen and oxygen atoms in total. The molecule has 11 heteroatoms. The van der Waals surface area contributed by atoms with Gasteiger partial charge in [-0.25, -0.2) is 0 Å². The molecule has 0 aliphatic carbocycles. The highest BCUT2D eigenvalue weighted by Gasteiger charge is 2.33. The van der Waals surface area contributed by atoms with Crippen molar-refractivity contribution >= 4 is 29.8 Å². The zero-order valence-corrected chi connectivity index (χ0v) is 18.3. The number of nitrogens with zero attached hydrogens (tertiary/aromatic N) is 1. The Bertz CT molecular complexity index is 639. The normalized spacial score (nSPS) is 14.3. The van der Waals surface area contributed by atoms with Gasteiger partial charge in [0.2, 0.25) is 0 Å². The number of carbonyl (C=O) groups excluding carboxylic acids is 5. The van der Waals surface area contributed by atoms with E-state index in [1.54, 1.807) is 0 Å². The molecule has 0 aromatic rings. The molecule has 0 heterocycles. The predicted molar refractivity (Wildman–Crippen MR) is 106 cm³/mol. The maximum Gasteiger partial charge on any atom is 0.322 e. The Morgan fingerprint density at radius 1 is 0.645 bits per heavy atom. The van der Waals surface area contributed by atoms with Gasteiger partial charge in [-0.1, -0.05) is 13.2 Å². The summed E-state index contributed by atoms with van der Waals surface area (Å²) in [4.78, 5) is 62.6. The molecule has 0 rings (SSSR count). The van der Waals surface area contributed by atoms with Crippen molar-refractivity contribution in [3.05, 3.63) is 25.3 Å². The van der Waals surface area contributed by atoms with Crippen molar-refractivity contribution in [3.63, 3.8) is 0 Å². The number of hydrogen-bond acceptors (Lipinski definition) is 11. The van der Waals surface area contributed by atoms with Crippen molar-refractivity contribution in [2.24, 2.45) is 0 Å². The molecule has 0 amide bonds. The van der Waals surface area contributed by atoms with Crippen LogP contribution < -0.4 is 0 Å². The second-order valence-electron chi connectivity index (χ2n) is 6.35. The summed E-state index contributed by atoms with van der Waals surface area (Å²) in [6.45, 7) is 12.3. The first kappa shape index (κ1) is 27.8. The van der Waals surface area contributed by atoms with Gasteiger partial charge in [0.05, 0.1) is 13.1 Å². The fraction of sp³-hybridized carbons (Fsp3) is 0.550. The topological polar surface area (TPSA) is 135 Å². The fourth-order valence-electron chi connectivity index (χ4n) is 2.51. The van der Waals surface area contributed by atoms with E-state index in [0.29, 0.717) is 0 Å². The summed E-state index contributed by atoms with van der Waals surface area (Å²) in [5.74, 6) is -3.41. The molecule has 0 radical (unpaired) electrons.